The maximum absolute atomic E-state index is 12.5. The molecule has 2 aromatic rings. The molecule has 19 heavy (non-hydrogen) atoms. The molecular weight excluding hydrogens is 259 g/mol. The number of nitrogens with zero attached hydrogens (tertiary/aromatic N) is 2. The summed E-state index contributed by atoms with van der Waals surface area (Å²) in [6.07, 6.45) is -2.22. The van der Waals surface area contributed by atoms with Crippen molar-refractivity contribution in [2.24, 2.45) is 0 Å². The average Bonchev–Trinajstić information content (AvgIpc) is 2.33. The molecule has 0 bridgehead atoms. The van der Waals surface area contributed by atoms with Crippen LogP contribution in [0.4, 0.5) is 18.9 Å². The van der Waals surface area contributed by atoms with Crippen LogP contribution in [0.15, 0.2) is 30.6 Å². The first-order valence-corrected chi connectivity index (χ1v) is 5.29. The van der Waals surface area contributed by atoms with E-state index in [2.05, 4.69) is 9.97 Å². The first kappa shape index (κ1) is 13.1. The Kier molecular flexibility index (Phi) is 3.28. The molecule has 7 heteroatoms. The molecule has 0 radical (unpaired) electrons. The van der Waals surface area contributed by atoms with Gasteiger partial charge in [0.25, 0.3) is 0 Å². The molecule has 0 amide bonds. The number of halogens is 3. The van der Waals surface area contributed by atoms with E-state index in [4.69, 9.17) is 10.5 Å². The zero-order chi connectivity index (χ0) is 14.0. The molecule has 0 aliphatic heterocycles. The minimum absolute atomic E-state index is 0.0218. The maximum Gasteiger partial charge on any atom is 0.433 e. The second kappa shape index (κ2) is 4.75. The van der Waals surface area contributed by atoms with Gasteiger partial charge in [0.2, 0.25) is 0 Å². The number of hydrogen-bond donors (Lipinski definition) is 1. The summed E-state index contributed by atoms with van der Waals surface area (Å²) < 4.78 is 42.8. The summed E-state index contributed by atoms with van der Waals surface area (Å²) in [7, 11) is 0. The van der Waals surface area contributed by atoms with Crippen molar-refractivity contribution in [1.82, 2.24) is 9.97 Å². The topological polar surface area (TPSA) is 61.0 Å². The third kappa shape index (κ3) is 3.12. The number of alkyl halides is 3. The highest BCUT2D eigenvalue weighted by atomic mass is 19.4. The summed E-state index contributed by atoms with van der Waals surface area (Å²) in [6, 6.07) is 4.03. The number of aromatic nitrogens is 2. The van der Waals surface area contributed by atoms with Crippen molar-refractivity contribution in [3.8, 4) is 11.5 Å². The fourth-order valence-corrected chi connectivity index (χ4v) is 1.33. The lowest BCUT2D eigenvalue weighted by Crippen LogP contribution is -2.08. The molecule has 0 fully saturated rings. The van der Waals surface area contributed by atoms with E-state index in [0.29, 0.717) is 5.75 Å². The summed E-state index contributed by atoms with van der Waals surface area (Å²) in [5, 5.41) is 0. The Labute approximate surface area is 107 Å². The van der Waals surface area contributed by atoms with Crippen LogP contribution in [-0.2, 0) is 6.18 Å². The molecule has 2 heterocycles. The highest BCUT2D eigenvalue weighted by Gasteiger charge is 2.33. The van der Waals surface area contributed by atoms with Gasteiger partial charge in [0.15, 0.2) is 5.75 Å². The molecule has 100 valence electrons. The first-order valence-electron chi connectivity index (χ1n) is 5.29. The first-order chi connectivity index (χ1) is 8.86. The van der Waals surface area contributed by atoms with E-state index in [1.807, 2.05) is 0 Å². The number of pyridine rings is 2. The molecule has 0 aliphatic rings. The Morgan fingerprint density at radius 2 is 1.89 bits per heavy atom. The number of nitrogen functional groups attached to an aromatic ring is 1. The van der Waals surface area contributed by atoms with E-state index in [9.17, 15) is 13.2 Å². The Hall–Kier alpha value is -2.31. The van der Waals surface area contributed by atoms with Gasteiger partial charge in [-0.1, -0.05) is 0 Å². The van der Waals surface area contributed by atoms with Crippen molar-refractivity contribution >= 4 is 5.69 Å². The second-order valence-electron chi connectivity index (χ2n) is 3.84. The van der Waals surface area contributed by atoms with E-state index < -0.39 is 11.9 Å². The fraction of sp³-hybridized carbons (Fsp3) is 0.167. The lowest BCUT2D eigenvalue weighted by Gasteiger charge is -2.11. The lowest BCUT2D eigenvalue weighted by atomic mass is 10.3. The molecule has 0 aromatic carbocycles. The SMILES string of the molecule is Cc1ccc(Oc2cc(C(F)(F)F)ncc2N)cn1. The molecule has 2 rings (SSSR count). The van der Waals surface area contributed by atoms with Gasteiger partial charge in [0.05, 0.1) is 18.1 Å². The second-order valence-corrected chi connectivity index (χ2v) is 3.84. The highest BCUT2D eigenvalue weighted by molar-refractivity contribution is 5.53. The summed E-state index contributed by atoms with van der Waals surface area (Å²) in [4.78, 5) is 7.19. The van der Waals surface area contributed by atoms with Crippen molar-refractivity contribution < 1.29 is 17.9 Å². The third-order valence-corrected chi connectivity index (χ3v) is 2.30. The summed E-state index contributed by atoms with van der Waals surface area (Å²) in [6.45, 7) is 1.78. The molecule has 2 N–H and O–H groups in total. The zero-order valence-electron chi connectivity index (χ0n) is 9.90. The Morgan fingerprint density at radius 3 is 2.47 bits per heavy atom. The van der Waals surface area contributed by atoms with Crippen LogP contribution in [-0.4, -0.2) is 9.97 Å². The smallest absolute Gasteiger partial charge is 0.433 e. The van der Waals surface area contributed by atoms with Gasteiger partial charge in [0.1, 0.15) is 11.4 Å². The Bertz CT molecular complexity index is 582. The molecule has 0 aliphatic carbocycles. The van der Waals surface area contributed by atoms with Gasteiger partial charge in [-0.15, -0.1) is 0 Å². The largest absolute Gasteiger partial charge is 0.453 e. The van der Waals surface area contributed by atoms with Gasteiger partial charge >= 0.3 is 6.18 Å². The monoisotopic (exact) mass is 269 g/mol. The molecular formula is C12H10F3N3O. The van der Waals surface area contributed by atoms with Crippen molar-refractivity contribution in [3.05, 3.63) is 42.0 Å². The van der Waals surface area contributed by atoms with Crippen LogP contribution in [0, 0.1) is 6.92 Å². The number of nitrogens with two attached hydrogens (primary N) is 1. The highest BCUT2D eigenvalue weighted by Crippen LogP contribution is 2.33. The predicted octanol–water partition coefficient (Wildman–Crippen LogP) is 3.18. The van der Waals surface area contributed by atoms with Crippen molar-refractivity contribution in [2.45, 2.75) is 13.1 Å². The maximum atomic E-state index is 12.5. The summed E-state index contributed by atoms with van der Waals surface area (Å²) in [5.41, 5.74) is 5.27. The van der Waals surface area contributed by atoms with Crippen LogP contribution < -0.4 is 10.5 Å². The summed E-state index contributed by atoms with van der Waals surface area (Å²) in [5.74, 6) is 0.199. The number of ether oxygens (including phenoxy) is 1. The van der Waals surface area contributed by atoms with Crippen LogP contribution in [0.3, 0.4) is 0 Å². The molecule has 4 nitrogen and oxygen atoms in total. The number of aryl methyl sites for hydroxylation is 1. The molecule has 0 saturated heterocycles. The van der Waals surface area contributed by atoms with Gasteiger partial charge in [-0.3, -0.25) is 4.98 Å². The molecule has 0 unspecified atom stereocenters. The summed E-state index contributed by atoms with van der Waals surface area (Å²) >= 11 is 0. The third-order valence-electron chi connectivity index (χ3n) is 2.30. The van der Waals surface area contributed by atoms with Gasteiger partial charge in [0, 0.05) is 11.8 Å². The normalized spacial score (nSPS) is 11.4. The van der Waals surface area contributed by atoms with Crippen molar-refractivity contribution in [1.29, 1.82) is 0 Å². The lowest BCUT2D eigenvalue weighted by molar-refractivity contribution is -0.141. The molecule has 2 aromatic heterocycles. The van der Waals surface area contributed by atoms with Crippen LogP contribution >= 0.6 is 0 Å². The average molecular weight is 269 g/mol. The minimum atomic E-state index is -4.54. The van der Waals surface area contributed by atoms with Gasteiger partial charge < -0.3 is 10.5 Å². The van der Waals surface area contributed by atoms with E-state index in [1.54, 1.807) is 19.1 Å². The van der Waals surface area contributed by atoms with Gasteiger partial charge in [-0.05, 0) is 19.1 Å². The van der Waals surface area contributed by atoms with E-state index in [0.717, 1.165) is 18.0 Å². The van der Waals surface area contributed by atoms with E-state index >= 15 is 0 Å². The standard InChI is InChI=1S/C12H10F3N3O/c1-7-2-3-8(5-17-7)19-10-4-11(12(13,14)15)18-6-9(10)16/h2-6H,16H2,1H3. The van der Waals surface area contributed by atoms with Gasteiger partial charge in [-0.25, -0.2) is 4.98 Å². The van der Waals surface area contributed by atoms with E-state index in [1.165, 1.54) is 6.20 Å². The predicted molar refractivity (Wildman–Crippen MR) is 62.7 cm³/mol. The molecule has 0 spiro atoms. The van der Waals surface area contributed by atoms with Gasteiger partial charge in [-0.2, -0.15) is 13.2 Å². The number of rotatable bonds is 2. The van der Waals surface area contributed by atoms with Crippen molar-refractivity contribution in [3.63, 3.8) is 0 Å². The van der Waals surface area contributed by atoms with Crippen LogP contribution in [0.1, 0.15) is 11.4 Å². The number of hydrogen-bond acceptors (Lipinski definition) is 4. The van der Waals surface area contributed by atoms with E-state index in [-0.39, 0.29) is 11.4 Å². The minimum Gasteiger partial charge on any atom is -0.453 e. The fourth-order valence-electron chi connectivity index (χ4n) is 1.33. The Morgan fingerprint density at radius 1 is 1.16 bits per heavy atom. The number of anilines is 1. The van der Waals surface area contributed by atoms with Crippen LogP contribution in [0.2, 0.25) is 0 Å². The van der Waals surface area contributed by atoms with Crippen LogP contribution in [0.5, 0.6) is 11.5 Å². The molecule has 0 atom stereocenters. The van der Waals surface area contributed by atoms with Crippen molar-refractivity contribution in [2.75, 3.05) is 5.73 Å². The van der Waals surface area contributed by atoms with Crippen LogP contribution in [0.25, 0.3) is 0 Å². The quantitative estimate of drug-likeness (QED) is 0.909. The Balaban J connectivity index is 2.31. The molecule has 0 saturated carbocycles. The zero-order valence-corrected chi connectivity index (χ0v) is 9.90.